The van der Waals surface area contributed by atoms with E-state index in [1.165, 1.54) is 11.3 Å². The summed E-state index contributed by atoms with van der Waals surface area (Å²) in [6.07, 6.45) is 10.1. The Labute approximate surface area is 170 Å². The number of hydrogen-bond acceptors (Lipinski definition) is 5. The molecule has 148 valence electrons. The molecule has 29 heavy (non-hydrogen) atoms. The molecule has 1 aliphatic carbocycles. The Balaban J connectivity index is 1.51. The fraction of sp³-hybridized carbons (Fsp3) is 0.348. The smallest absolute Gasteiger partial charge is 0.165 e. The predicted molar refractivity (Wildman–Crippen MR) is 115 cm³/mol. The SMILES string of the molecule is Cc1cn2cc(C3=Cc4ccc(N5CCCNCC5)cc4CCC3=O)nc2cn1. The number of anilines is 1. The average molecular weight is 387 g/mol. The number of rotatable bonds is 2. The van der Waals surface area contributed by atoms with Crippen LogP contribution in [0.25, 0.3) is 17.3 Å². The van der Waals surface area contributed by atoms with Crippen molar-refractivity contribution >= 4 is 28.8 Å². The van der Waals surface area contributed by atoms with E-state index in [4.69, 9.17) is 0 Å². The topological polar surface area (TPSA) is 62.5 Å². The first-order valence-electron chi connectivity index (χ1n) is 10.3. The summed E-state index contributed by atoms with van der Waals surface area (Å²) in [6.45, 7) is 6.13. The van der Waals surface area contributed by atoms with Crippen LogP contribution in [-0.2, 0) is 11.2 Å². The highest BCUT2D eigenvalue weighted by Gasteiger charge is 2.21. The van der Waals surface area contributed by atoms with Gasteiger partial charge in [0, 0.05) is 49.7 Å². The van der Waals surface area contributed by atoms with Crippen LogP contribution < -0.4 is 10.2 Å². The molecule has 2 aromatic heterocycles. The maximum atomic E-state index is 12.9. The van der Waals surface area contributed by atoms with E-state index >= 15 is 0 Å². The van der Waals surface area contributed by atoms with Gasteiger partial charge in [-0.05, 0) is 55.6 Å². The number of Topliss-reactive ketones (excluding diaryl/α,β-unsaturated/α-hetero) is 1. The number of aromatic nitrogens is 3. The van der Waals surface area contributed by atoms with E-state index in [0.717, 1.165) is 61.6 Å². The summed E-state index contributed by atoms with van der Waals surface area (Å²) >= 11 is 0. The molecule has 0 amide bonds. The highest BCUT2D eigenvalue weighted by molar-refractivity contribution is 6.25. The van der Waals surface area contributed by atoms with Gasteiger partial charge in [-0.25, -0.2) is 4.98 Å². The predicted octanol–water partition coefficient (Wildman–Crippen LogP) is 2.89. The zero-order valence-electron chi connectivity index (χ0n) is 16.7. The van der Waals surface area contributed by atoms with Crippen molar-refractivity contribution < 1.29 is 4.79 Å². The summed E-state index contributed by atoms with van der Waals surface area (Å²) in [5.41, 5.74) is 6.71. The molecule has 1 aliphatic heterocycles. The van der Waals surface area contributed by atoms with Gasteiger partial charge < -0.3 is 14.6 Å². The summed E-state index contributed by atoms with van der Waals surface area (Å²) in [6, 6.07) is 6.61. The van der Waals surface area contributed by atoms with Crippen LogP contribution in [0.4, 0.5) is 5.69 Å². The quantitative estimate of drug-likeness (QED) is 0.733. The summed E-state index contributed by atoms with van der Waals surface area (Å²) in [4.78, 5) is 24.3. The van der Waals surface area contributed by atoms with Crippen LogP contribution >= 0.6 is 0 Å². The van der Waals surface area contributed by atoms with E-state index < -0.39 is 0 Å². The van der Waals surface area contributed by atoms with E-state index in [0.29, 0.717) is 12.0 Å². The molecular formula is C23H25N5O. The summed E-state index contributed by atoms with van der Waals surface area (Å²) in [7, 11) is 0. The molecule has 3 aromatic rings. The molecular weight excluding hydrogens is 362 g/mol. The van der Waals surface area contributed by atoms with Crippen LogP contribution in [-0.4, -0.2) is 46.3 Å². The summed E-state index contributed by atoms with van der Waals surface area (Å²) in [5.74, 6) is 0.148. The third-order valence-electron chi connectivity index (χ3n) is 5.80. The minimum atomic E-state index is 0.148. The maximum Gasteiger partial charge on any atom is 0.165 e. The number of ketones is 1. The van der Waals surface area contributed by atoms with E-state index in [-0.39, 0.29) is 5.78 Å². The Morgan fingerprint density at radius 1 is 1.10 bits per heavy atom. The Bertz CT molecular complexity index is 1110. The molecule has 1 aromatic carbocycles. The number of hydrogen-bond donors (Lipinski definition) is 1. The number of aryl methyl sites for hydroxylation is 2. The first kappa shape index (κ1) is 18.1. The van der Waals surface area contributed by atoms with Crippen LogP contribution in [0, 0.1) is 6.92 Å². The number of benzene rings is 1. The maximum absolute atomic E-state index is 12.9. The zero-order valence-corrected chi connectivity index (χ0v) is 16.7. The van der Waals surface area contributed by atoms with Gasteiger partial charge in [0.15, 0.2) is 11.4 Å². The average Bonchev–Trinajstić information content (AvgIpc) is 2.88. The number of carbonyl (C=O) groups is 1. The molecule has 5 rings (SSSR count). The van der Waals surface area contributed by atoms with Gasteiger partial charge in [-0.3, -0.25) is 9.78 Å². The Morgan fingerprint density at radius 3 is 2.97 bits per heavy atom. The highest BCUT2D eigenvalue weighted by atomic mass is 16.1. The molecule has 0 saturated carbocycles. The molecule has 3 heterocycles. The highest BCUT2D eigenvalue weighted by Crippen LogP contribution is 2.30. The van der Waals surface area contributed by atoms with E-state index in [9.17, 15) is 4.79 Å². The molecule has 0 atom stereocenters. The van der Waals surface area contributed by atoms with Gasteiger partial charge in [0.05, 0.1) is 17.6 Å². The van der Waals surface area contributed by atoms with E-state index in [1.807, 2.05) is 29.8 Å². The molecule has 0 bridgehead atoms. The first-order valence-corrected chi connectivity index (χ1v) is 10.3. The van der Waals surface area contributed by atoms with Crippen LogP contribution in [0.1, 0.15) is 35.4 Å². The van der Waals surface area contributed by atoms with Crippen LogP contribution in [0.3, 0.4) is 0 Å². The molecule has 1 saturated heterocycles. The van der Waals surface area contributed by atoms with Crippen molar-refractivity contribution in [2.75, 3.05) is 31.1 Å². The second-order valence-electron chi connectivity index (χ2n) is 7.88. The van der Waals surface area contributed by atoms with Crippen molar-refractivity contribution in [1.82, 2.24) is 19.7 Å². The number of allylic oxidation sites excluding steroid dienone is 1. The van der Waals surface area contributed by atoms with Crippen molar-refractivity contribution in [3.8, 4) is 0 Å². The molecule has 0 spiro atoms. The van der Waals surface area contributed by atoms with Crippen molar-refractivity contribution in [3.63, 3.8) is 0 Å². The molecule has 2 aliphatic rings. The zero-order chi connectivity index (χ0) is 19.8. The first-order chi connectivity index (χ1) is 14.2. The number of imidazole rings is 1. The number of nitrogens with one attached hydrogen (secondary N) is 1. The molecule has 0 radical (unpaired) electrons. The number of carbonyl (C=O) groups excluding carboxylic acids is 1. The Morgan fingerprint density at radius 2 is 2.03 bits per heavy atom. The number of fused-ring (bicyclic) bond motifs is 2. The largest absolute Gasteiger partial charge is 0.370 e. The summed E-state index contributed by atoms with van der Waals surface area (Å²) in [5, 5.41) is 3.45. The monoisotopic (exact) mass is 387 g/mol. The van der Waals surface area contributed by atoms with E-state index in [2.05, 4.69) is 38.4 Å². The molecule has 6 nitrogen and oxygen atoms in total. The van der Waals surface area contributed by atoms with Crippen molar-refractivity contribution in [2.24, 2.45) is 0 Å². The molecule has 1 fully saturated rings. The van der Waals surface area contributed by atoms with Gasteiger partial charge in [0.1, 0.15) is 0 Å². The lowest BCUT2D eigenvalue weighted by molar-refractivity contribution is -0.113. The van der Waals surface area contributed by atoms with Gasteiger partial charge in [0.25, 0.3) is 0 Å². The molecule has 6 heteroatoms. The Hall–Kier alpha value is -2.99. The van der Waals surface area contributed by atoms with Crippen molar-refractivity contribution in [1.29, 1.82) is 0 Å². The van der Waals surface area contributed by atoms with Gasteiger partial charge in [-0.2, -0.15) is 0 Å². The third-order valence-corrected chi connectivity index (χ3v) is 5.80. The van der Waals surface area contributed by atoms with Crippen LogP contribution in [0.2, 0.25) is 0 Å². The minimum Gasteiger partial charge on any atom is -0.370 e. The molecule has 0 unspecified atom stereocenters. The Kier molecular flexibility index (Phi) is 4.64. The second kappa shape index (κ2) is 7.44. The van der Waals surface area contributed by atoms with Crippen LogP contribution in [0.15, 0.2) is 36.8 Å². The number of nitrogens with zero attached hydrogens (tertiary/aromatic N) is 4. The van der Waals surface area contributed by atoms with Gasteiger partial charge in [-0.1, -0.05) is 6.07 Å². The van der Waals surface area contributed by atoms with Crippen molar-refractivity contribution in [2.45, 2.75) is 26.2 Å². The van der Waals surface area contributed by atoms with Crippen molar-refractivity contribution in [3.05, 3.63) is 59.3 Å². The lowest BCUT2D eigenvalue weighted by Gasteiger charge is -2.23. The van der Waals surface area contributed by atoms with Gasteiger partial charge in [-0.15, -0.1) is 0 Å². The third kappa shape index (κ3) is 3.56. The summed E-state index contributed by atoms with van der Waals surface area (Å²) < 4.78 is 1.94. The molecule has 1 N–H and O–H groups in total. The fourth-order valence-corrected chi connectivity index (χ4v) is 4.22. The lowest BCUT2D eigenvalue weighted by atomic mass is 10.0. The van der Waals surface area contributed by atoms with Crippen LogP contribution in [0.5, 0.6) is 0 Å². The standard InChI is InChI=1S/C23H25N5O/c1-16-14-28-15-21(26-23(28)13-25-16)20-12-18-3-5-19(11-17(18)4-6-22(20)29)27-9-2-7-24-8-10-27/h3,5,11-15,24H,2,4,6-10H2,1H3. The lowest BCUT2D eigenvalue weighted by Crippen LogP contribution is -2.27. The second-order valence-corrected chi connectivity index (χ2v) is 7.88. The minimum absolute atomic E-state index is 0.148. The van der Waals surface area contributed by atoms with Gasteiger partial charge in [0.2, 0.25) is 0 Å². The van der Waals surface area contributed by atoms with E-state index in [1.54, 1.807) is 6.20 Å². The fourth-order valence-electron chi connectivity index (χ4n) is 4.22. The van der Waals surface area contributed by atoms with Gasteiger partial charge >= 0.3 is 0 Å². The normalized spacial score (nSPS) is 17.6.